The number of aliphatic hydroxyl groups is 1. The Kier molecular flexibility index (Phi) is 5.37. The molecule has 0 saturated carbocycles. The normalized spacial score (nSPS) is 13.8. The van der Waals surface area contributed by atoms with Crippen LogP contribution in [0, 0.1) is 20.2 Å². The molecule has 0 amide bonds. The molecule has 0 heterocycles. The highest BCUT2D eigenvalue weighted by molar-refractivity contribution is 5.34. The smallest absolute Gasteiger partial charge is 0.269 e. The molecule has 0 aromatic heterocycles. The van der Waals surface area contributed by atoms with Gasteiger partial charge >= 0.3 is 0 Å². The summed E-state index contributed by atoms with van der Waals surface area (Å²) in [5, 5.41) is 31.4. The third-order valence-corrected chi connectivity index (χ3v) is 2.93. The van der Waals surface area contributed by atoms with Gasteiger partial charge in [-0.05, 0) is 24.1 Å². The number of hydrogen-bond acceptors (Lipinski definition) is 5. The summed E-state index contributed by atoms with van der Waals surface area (Å²) < 4.78 is 0. The number of nitro groups is 2. The molecule has 2 unspecified atom stereocenters. The Morgan fingerprint density at radius 2 is 1.79 bits per heavy atom. The average molecular weight is 268 g/mol. The van der Waals surface area contributed by atoms with Crippen molar-refractivity contribution in [2.75, 3.05) is 0 Å². The maximum atomic E-state index is 10.9. The molecule has 0 aliphatic rings. The van der Waals surface area contributed by atoms with Crippen LogP contribution < -0.4 is 0 Å². The molecule has 0 bridgehead atoms. The number of nitrogens with zero attached hydrogens (tertiary/aromatic N) is 2. The highest BCUT2D eigenvalue weighted by atomic mass is 16.6. The van der Waals surface area contributed by atoms with E-state index in [9.17, 15) is 25.3 Å². The van der Waals surface area contributed by atoms with E-state index in [2.05, 4.69) is 0 Å². The quantitative estimate of drug-likeness (QED) is 0.603. The number of rotatable bonds is 7. The second-order valence-corrected chi connectivity index (χ2v) is 4.29. The molecule has 7 nitrogen and oxygen atoms in total. The van der Waals surface area contributed by atoms with Crippen molar-refractivity contribution in [2.45, 2.75) is 38.3 Å². The largest absolute Gasteiger partial charge is 0.381 e. The molecule has 0 aliphatic heterocycles. The summed E-state index contributed by atoms with van der Waals surface area (Å²) in [7, 11) is 0. The molecular weight excluding hydrogens is 252 g/mol. The van der Waals surface area contributed by atoms with Gasteiger partial charge in [0.05, 0.1) is 4.92 Å². The zero-order valence-electron chi connectivity index (χ0n) is 10.6. The van der Waals surface area contributed by atoms with Gasteiger partial charge in [-0.3, -0.25) is 20.2 Å². The summed E-state index contributed by atoms with van der Waals surface area (Å²) in [6.45, 7) is 1.91. The Labute approximate surface area is 110 Å². The van der Waals surface area contributed by atoms with E-state index >= 15 is 0 Å². The third-order valence-electron chi connectivity index (χ3n) is 2.93. The minimum atomic E-state index is -1.25. The lowest BCUT2D eigenvalue weighted by Gasteiger charge is -2.16. The second-order valence-electron chi connectivity index (χ2n) is 4.29. The molecule has 0 aliphatic carbocycles. The molecule has 0 spiro atoms. The predicted octanol–water partition coefficient (Wildman–Crippen LogP) is 2.46. The first-order valence-electron chi connectivity index (χ1n) is 6.03. The van der Waals surface area contributed by atoms with Crippen LogP contribution in [0.25, 0.3) is 0 Å². The third kappa shape index (κ3) is 3.99. The lowest BCUT2D eigenvalue weighted by molar-refractivity contribution is -0.536. The summed E-state index contributed by atoms with van der Waals surface area (Å²) in [5.74, 6) is 0. The first kappa shape index (κ1) is 15.0. The molecule has 0 radical (unpaired) electrons. The van der Waals surface area contributed by atoms with E-state index in [-0.39, 0.29) is 12.1 Å². The number of benzene rings is 1. The minimum absolute atomic E-state index is 0.109. The van der Waals surface area contributed by atoms with Crippen LogP contribution in [-0.4, -0.2) is 21.0 Å². The van der Waals surface area contributed by atoms with E-state index in [0.717, 1.165) is 6.42 Å². The fraction of sp³-hybridized carbons (Fsp3) is 0.500. The molecule has 1 aromatic rings. The lowest BCUT2D eigenvalue weighted by atomic mass is 9.98. The van der Waals surface area contributed by atoms with Crippen LogP contribution in [0.3, 0.4) is 0 Å². The molecule has 0 saturated heterocycles. The Hall–Kier alpha value is -2.02. The lowest BCUT2D eigenvalue weighted by Crippen LogP contribution is -2.27. The molecule has 0 fully saturated rings. The van der Waals surface area contributed by atoms with Crippen LogP contribution in [0.2, 0.25) is 0 Å². The Morgan fingerprint density at radius 3 is 2.21 bits per heavy atom. The van der Waals surface area contributed by atoms with Gasteiger partial charge < -0.3 is 5.11 Å². The van der Waals surface area contributed by atoms with E-state index in [4.69, 9.17) is 0 Å². The fourth-order valence-electron chi connectivity index (χ4n) is 1.81. The van der Waals surface area contributed by atoms with Crippen LogP contribution in [0.5, 0.6) is 0 Å². The highest BCUT2D eigenvalue weighted by Gasteiger charge is 2.30. The summed E-state index contributed by atoms with van der Waals surface area (Å²) in [4.78, 5) is 20.4. The number of aliphatic hydroxyl groups excluding tert-OH is 1. The first-order valence-corrected chi connectivity index (χ1v) is 6.03. The second kappa shape index (κ2) is 6.79. The van der Waals surface area contributed by atoms with Crippen LogP contribution in [0.1, 0.15) is 37.9 Å². The van der Waals surface area contributed by atoms with E-state index < -0.39 is 22.0 Å². The van der Waals surface area contributed by atoms with Crippen molar-refractivity contribution in [2.24, 2.45) is 0 Å². The summed E-state index contributed by atoms with van der Waals surface area (Å²) in [6.07, 6.45) is 0.483. The molecule has 2 atom stereocenters. The minimum Gasteiger partial charge on any atom is -0.381 e. The standard InChI is InChI=1S/C12H16N2O5/c1-2-3-4-11(14(18)19)12(15)9-5-7-10(8-6-9)13(16)17/h5-8,11-12,15H,2-4H2,1H3. The molecule has 7 heteroatoms. The van der Waals surface area contributed by atoms with Crippen molar-refractivity contribution >= 4 is 5.69 Å². The topological polar surface area (TPSA) is 107 Å². The summed E-state index contributed by atoms with van der Waals surface area (Å²) >= 11 is 0. The Balaban J connectivity index is 2.86. The number of nitro benzene ring substituents is 1. The van der Waals surface area contributed by atoms with E-state index in [1.165, 1.54) is 24.3 Å². The zero-order chi connectivity index (χ0) is 14.4. The molecule has 19 heavy (non-hydrogen) atoms. The first-order chi connectivity index (χ1) is 8.97. The van der Waals surface area contributed by atoms with Crippen LogP contribution in [0.15, 0.2) is 24.3 Å². The Bertz CT molecular complexity index is 446. The van der Waals surface area contributed by atoms with Gasteiger partial charge in [0, 0.05) is 23.5 Å². The average Bonchev–Trinajstić information content (AvgIpc) is 2.38. The number of unbranched alkanes of at least 4 members (excludes halogenated alkanes) is 1. The van der Waals surface area contributed by atoms with Crippen molar-refractivity contribution in [3.8, 4) is 0 Å². The van der Waals surface area contributed by atoms with Crippen molar-refractivity contribution in [3.63, 3.8) is 0 Å². The van der Waals surface area contributed by atoms with Crippen molar-refractivity contribution in [1.82, 2.24) is 0 Å². The fourth-order valence-corrected chi connectivity index (χ4v) is 1.81. The monoisotopic (exact) mass is 268 g/mol. The van der Waals surface area contributed by atoms with Gasteiger partial charge in [-0.1, -0.05) is 13.3 Å². The molecular formula is C12H16N2O5. The van der Waals surface area contributed by atoms with Crippen molar-refractivity contribution in [1.29, 1.82) is 0 Å². The van der Waals surface area contributed by atoms with Gasteiger partial charge in [0.15, 0.2) is 0 Å². The van der Waals surface area contributed by atoms with Gasteiger partial charge in [0.1, 0.15) is 6.10 Å². The zero-order valence-corrected chi connectivity index (χ0v) is 10.6. The molecule has 1 rings (SSSR count). The van der Waals surface area contributed by atoms with Crippen LogP contribution in [0.4, 0.5) is 5.69 Å². The van der Waals surface area contributed by atoms with Crippen LogP contribution >= 0.6 is 0 Å². The van der Waals surface area contributed by atoms with Gasteiger partial charge in [0.25, 0.3) is 5.69 Å². The maximum absolute atomic E-state index is 10.9. The molecule has 104 valence electrons. The van der Waals surface area contributed by atoms with Crippen molar-refractivity contribution in [3.05, 3.63) is 50.1 Å². The van der Waals surface area contributed by atoms with Crippen LogP contribution in [-0.2, 0) is 0 Å². The van der Waals surface area contributed by atoms with Gasteiger partial charge in [0.2, 0.25) is 6.04 Å². The maximum Gasteiger partial charge on any atom is 0.269 e. The summed E-state index contributed by atoms with van der Waals surface area (Å²) in [6, 6.07) is 4.09. The van der Waals surface area contributed by atoms with E-state index in [1.807, 2.05) is 6.92 Å². The van der Waals surface area contributed by atoms with E-state index in [1.54, 1.807) is 0 Å². The Morgan fingerprint density at radius 1 is 1.21 bits per heavy atom. The highest BCUT2D eigenvalue weighted by Crippen LogP contribution is 2.24. The van der Waals surface area contributed by atoms with E-state index in [0.29, 0.717) is 12.0 Å². The van der Waals surface area contributed by atoms with Gasteiger partial charge in [-0.2, -0.15) is 0 Å². The van der Waals surface area contributed by atoms with Crippen molar-refractivity contribution < 1.29 is 15.0 Å². The predicted molar refractivity (Wildman–Crippen MR) is 68.4 cm³/mol. The molecule has 1 aromatic carbocycles. The van der Waals surface area contributed by atoms with Gasteiger partial charge in [-0.25, -0.2) is 0 Å². The van der Waals surface area contributed by atoms with Gasteiger partial charge in [-0.15, -0.1) is 0 Å². The summed E-state index contributed by atoms with van der Waals surface area (Å²) in [5.41, 5.74) is 0.213. The SMILES string of the molecule is CCCCC(C(O)c1ccc([N+](=O)[O-])cc1)[N+](=O)[O-]. The number of hydrogen-bond donors (Lipinski definition) is 1. The molecule has 1 N–H and O–H groups in total. The number of non-ortho nitro benzene ring substituents is 1.